The van der Waals surface area contributed by atoms with Crippen molar-refractivity contribution in [2.45, 2.75) is 283 Å². The summed E-state index contributed by atoms with van der Waals surface area (Å²) in [5.74, 6) is -1.76. The summed E-state index contributed by atoms with van der Waals surface area (Å²) in [6.45, 7) is 2.15. The molecule has 0 amide bonds. The second-order valence-electron chi connectivity index (χ2n) is 25.0. The maximum Gasteiger partial charge on any atom is 0.472 e. The second kappa shape index (κ2) is 76.1. The van der Waals surface area contributed by atoms with E-state index in [1.54, 1.807) is 0 Å². The predicted molar refractivity (Wildman–Crippen MR) is 426 cm³/mol. The fourth-order valence-corrected chi connectivity index (χ4v) is 11.1. The van der Waals surface area contributed by atoms with Gasteiger partial charge in [-0.15, -0.1) is 0 Å². The molecule has 0 aliphatic rings. The van der Waals surface area contributed by atoms with Crippen LogP contribution in [0.1, 0.15) is 265 Å². The molecule has 4 N–H and O–H groups in total. The van der Waals surface area contributed by atoms with Gasteiger partial charge in [-0.1, -0.05) is 299 Å². The van der Waals surface area contributed by atoms with E-state index in [2.05, 4.69) is 185 Å². The Bertz CT molecular complexity index is 2650. The van der Waals surface area contributed by atoms with Gasteiger partial charge in [-0.3, -0.25) is 32.5 Å². The van der Waals surface area contributed by atoms with Crippen LogP contribution >= 0.6 is 15.6 Å². The van der Waals surface area contributed by atoms with Gasteiger partial charge in [0.1, 0.15) is 25.4 Å². The molecule has 0 radical (unpaired) electrons. The fraction of sp³-hybridized carbons (Fsp3) is 0.588. The first kappa shape index (κ1) is 97.4. The predicted octanol–water partition coefficient (Wildman–Crippen LogP) is 22.8. The summed E-state index contributed by atoms with van der Waals surface area (Å²) in [6, 6.07) is 0. The molecule has 0 saturated carbocycles. The van der Waals surface area contributed by atoms with Crippen LogP contribution in [0.15, 0.2) is 194 Å². The van der Waals surface area contributed by atoms with Gasteiger partial charge in [0.25, 0.3) is 0 Å². The molecule has 0 aromatic carbocycles. The van der Waals surface area contributed by atoms with Gasteiger partial charge in [0.15, 0.2) is 6.10 Å². The van der Waals surface area contributed by atoms with Crippen molar-refractivity contribution in [3.05, 3.63) is 194 Å². The monoisotopic (exact) mass is 1470 g/mol. The van der Waals surface area contributed by atoms with Crippen molar-refractivity contribution in [1.82, 2.24) is 0 Å². The van der Waals surface area contributed by atoms with Crippen molar-refractivity contribution >= 4 is 33.6 Å². The number of unbranched alkanes of at least 4 members (excludes halogenated alkanes) is 16. The normalized spacial score (nSPS) is 15.1. The van der Waals surface area contributed by atoms with Gasteiger partial charge in [0.05, 0.1) is 26.4 Å². The number of phosphoric acid groups is 2. The minimum absolute atomic E-state index is 0.00281. The molecular formula is C85H136O16P2. The number of aliphatic hydroxyl groups excluding tert-OH is 2. The molecule has 0 aromatic heterocycles. The second-order valence-corrected chi connectivity index (χ2v) is 27.9. The minimum atomic E-state index is -4.97. The topological polar surface area (TPSA) is 231 Å². The van der Waals surface area contributed by atoms with E-state index in [1.807, 2.05) is 30.4 Å². The number of ether oxygens (including phenoxy) is 3. The number of rotatable bonds is 71. The molecular weight excluding hydrogens is 1340 g/mol. The first-order valence-electron chi connectivity index (χ1n) is 38.7. The molecule has 0 aliphatic heterocycles. The first-order valence-corrected chi connectivity index (χ1v) is 41.7. The highest BCUT2D eigenvalue weighted by Crippen LogP contribution is 2.45. The van der Waals surface area contributed by atoms with Gasteiger partial charge in [-0.25, -0.2) is 9.13 Å². The van der Waals surface area contributed by atoms with Gasteiger partial charge in [-0.2, -0.15) is 0 Å². The van der Waals surface area contributed by atoms with Crippen molar-refractivity contribution in [3.8, 4) is 0 Å². The zero-order chi connectivity index (χ0) is 75.2. The Morgan fingerprint density at radius 3 is 0.854 bits per heavy atom. The Kier molecular flexibility index (Phi) is 71.9. The maximum atomic E-state index is 12.9. The Hall–Kier alpha value is -5.61. The third kappa shape index (κ3) is 77.3. The quantitative estimate of drug-likeness (QED) is 0.0146. The van der Waals surface area contributed by atoms with Crippen LogP contribution < -0.4 is 0 Å². The van der Waals surface area contributed by atoms with Crippen molar-refractivity contribution < 1.29 is 75.8 Å². The largest absolute Gasteiger partial charge is 0.472 e. The number of phosphoric ester groups is 2. The van der Waals surface area contributed by atoms with Crippen LogP contribution in [-0.2, 0) is 55.8 Å². The van der Waals surface area contributed by atoms with Crippen LogP contribution in [0.5, 0.6) is 0 Å². The Balaban J connectivity index is 4.61. The molecule has 0 aromatic rings. The molecule has 0 spiro atoms. The first-order chi connectivity index (χ1) is 50.2. The SMILES string of the molecule is CC/C=C\C/C=C\C/C=C\C/C=C\C/C=C\C/C=C\CCC(=O)OCC(COP(=O)(O)OCC(O)COP(=O)(O)OCC(O)COC(=O)CCCCCCCCCCCCCCCCC/C=C\C/C=C\C/C=C\C/C=C\C/C=C\CC)OC(=O)CCC/C=C\C/C=C\C/C=C\C/C=C\C/C=C\CC. The lowest BCUT2D eigenvalue weighted by Crippen LogP contribution is -2.30. The third-order valence-electron chi connectivity index (χ3n) is 15.3. The summed E-state index contributed by atoms with van der Waals surface area (Å²) in [5.41, 5.74) is 0. The Morgan fingerprint density at radius 2 is 0.515 bits per heavy atom. The van der Waals surface area contributed by atoms with Gasteiger partial charge in [0.2, 0.25) is 0 Å². The van der Waals surface area contributed by atoms with E-state index < -0.39 is 91.5 Å². The van der Waals surface area contributed by atoms with Crippen LogP contribution in [0.4, 0.5) is 0 Å². The van der Waals surface area contributed by atoms with Crippen molar-refractivity contribution in [2.75, 3.05) is 39.6 Å². The van der Waals surface area contributed by atoms with E-state index in [9.17, 15) is 43.5 Å². The molecule has 0 fully saturated rings. The zero-order valence-electron chi connectivity index (χ0n) is 63.4. The third-order valence-corrected chi connectivity index (χ3v) is 17.2. The van der Waals surface area contributed by atoms with E-state index >= 15 is 0 Å². The lowest BCUT2D eigenvalue weighted by Gasteiger charge is -2.21. The summed E-state index contributed by atoms with van der Waals surface area (Å²) in [7, 11) is -9.84. The van der Waals surface area contributed by atoms with Gasteiger partial charge in [-0.05, 0) is 141 Å². The molecule has 16 nitrogen and oxygen atoms in total. The number of esters is 3. The van der Waals surface area contributed by atoms with Crippen LogP contribution in [0.2, 0.25) is 0 Å². The van der Waals surface area contributed by atoms with E-state index in [0.717, 1.165) is 116 Å². The summed E-state index contributed by atoms with van der Waals surface area (Å²) < 4.78 is 60.9. The molecule has 0 bridgehead atoms. The molecule has 0 rings (SSSR count). The van der Waals surface area contributed by atoms with E-state index in [0.29, 0.717) is 32.1 Å². The molecule has 5 unspecified atom stereocenters. The molecule has 5 atom stereocenters. The summed E-state index contributed by atoms with van der Waals surface area (Å²) >= 11 is 0. The van der Waals surface area contributed by atoms with Crippen molar-refractivity contribution in [2.24, 2.45) is 0 Å². The highest BCUT2D eigenvalue weighted by atomic mass is 31.2. The minimum Gasteiger partial charge on any atom is -0.463 e. The zero-order valence-corrected chi connectivity index (χ0v) is 65.2. The maximum absolute atomic E-state index is 12.9. The van der Waals surface area contributed by atoms with Crippen LogP contribution in [-0.4, -0.2) is 95.9 Å². The highest BCUT2D eigenvalue weighted by molar-refractivity contribution is 7.47. The number of hydrogen-bond donors (Lipinski definition) is 4. The Morgan fingerprint density at radius 1 is 0.272 bits per heavy atom. The number of carbonyl (C=O) groups is 3. The van der Waals surface area contributed by atoms with Crippen LogP contribution in [0.3, 0.4) is 0 Å². The molecule has 18 heteroatoms. The lowest BCUT2D eigenvalue weighted by molar-refractivity contribution is -0.161. The van der Waals surface area contributed by atoms with Gasteiger partial charge < -0.3 is 34.2 Å². The summed E-state index contributed by atoms with van der Waals surface area (Å²) in [6.07, 6.45) is 99.5. The van der Waals surface area contributed by atoms with E-state index in [1.165, 1.54) is 77.0 Å². The lowest BCUT2D eigenvalue weighted by atomic mass is 10.0. The summed E-state index contributed by atoms with van der Waals surface area (Å²) in [5, 5.41) is 20.6. The standard InChI is InChI=1S/C85H136O16P2/c1-4-7-10-13-16-19-22-25-28-31-33-34-35-36-37-38-39-40-41-42-43-44-46-49-50-53-56-59-62-65-68-71-83(88)95-74-80(86)75-97-102(91,92)98-76-81(87)77-99-103(93,94)100-79-82(101-85(90)73-70-67-64-61-58-55-52-47-30-27-24-21-18-15-12-9-6-3)78-96-84(89)72-69-66-63-60-57-54-51-48-45-32-29-26-23-20-17-14-11-8-5-2/h7-12,16-21,25-30,33-34,36-37,45,48,52,54-55,57,61,63-64,66,80-82,86-87H,4-6,13-15,22-24,31-32,35,38-44,46-47,49-51,53,56,58-60,62,65,67-79H2,1-3H3,(H,91,92)(H,93,94)/b10-7-,11-8-,12-9-,19-16-,20-17-,21-18-,28-25-,29-26-,30-27-,34-33-,37-36-,48-45-,55-52-,57-54-,64-61-,66-63-. The number of carbonyl (C=O) groups excluding carboxylic acids is 3. The van der Waals surface area contributed by atoms with Gasteiger partial charge >= 0.3 is 33.6 Å². The highest BCUT2D eigenvalue weighted by Gasteiger charge is 2.29. The molecule has 0 aliphatic carbocycles. The molecule has 103 heavy (non-hydrogen) atoms. The average Bonchev–Trinajstić information content (AvgIpc) is 0.917. The van der Waals surface area contributed by atoms with Crippen molar-refractivity contribution in [1.29, 1.82) is 0 Å². The number of allylic oxidation sites excluding steroid dienone is 32. The molecule has 582 valence electrons. The molecule has 0 saturated heterocycles. The van der Waals surface area contributed by atoms with E-state index in [4.69, 9.17) is 32.3 Å². The average molecular weight is 1480 g/mol. The Labute approximate surface area is 623 Å². The van der Waals surface area contributed by atoms with Crippen LogP contribution in [0.25, 0.3) is 0 Å². The summed E-state index contributed by atoms with van der Waals surface area (Å²) in [4.78, 5) is 58.5. The number of hydrogen-bond acceptors (Lipinski definition) is 14. The van der Waals surface area contributed by atoms with Crippen LogP contribution in [0, 0.1) is 0 Å². The van der Waals surface area contributed by atoms with E-state index in [-0.39, 0.29) is 19.3 Å². The number of aliphatic hydroxyl groups is 2. The smallest absolute Gasteiger partial charge is 0.463 e. The van der Waals surface area contributed by atoms with Gasteiger partial charge in [0, 0.05) is 19.3 Å². The van der Waals surface area contributed by atoms with Crippen molar-refractivity contribution in [3.63, 3.8) is 0 Å². The molecule has 0 heterocycles. The fourth-order valence-electron chi connectivity index (χ4n) is 9.54.